The summed E-state index contributed by atoms with van der Waals surface area (Å²) in [5.74, 6) is 1.89. The molecule has 1 aliphatic heterocycles. The van der Waals surface area contributed by atoms with Gasteiger partial charge < -0.3 is 15.0 Å². The van der Waals surface area contributed by atoms with Gasteiger partial charge in [-0.25, -0.2) is 9.97 Å². The van der Waals surface area contributed by atoms with Gasteiger partial charge in [0.05, 0.1) is 12.6 Å². The van der Waals surface area contributed by atoms with Gasteiger partial charge in [-0.3, -0.25) is 4.79 Å². The fourth-order valence-electron chi connectivity index (χ4n) is 2.74. The summed E-state index contributed by atoms with van der Waals surface area (Å²) >= 11 is 0. The number of nitrogens with one attached hydrogen (secondary N) is 1. The van der Waals surface area contributed by atoms with Crippen molar-refractivity contribution in [3.63, 3.8) is 0 Å². The molecule has 0 unspecified atom stereocenters. The second kappa shape index (κ2) is 8.46. The molecule has 0 spiro atoms. The van der Waals surface area contributed by atoms with Gasteiger partial charge in [0.15, 0.2) is 0 Å². The number of hydrogen-bond donors (Lipinski definition) is 1. The van der Waals surface area contributed by atoms with Crippen molar-refractivity contribution in [2.75, 3.05) is 25.0 Å². The monoisotopic (exact) mass is 340 g/mol. The van der Waals surface area contributed by atoms with E-state index >= 15 is 0 Å². The Hall–Kier alpha value is -2.63. The number of ether oxygens (including phenoxy) is 1. The summed E-state index contributed by atoms with van der Waals surface area (Å²) in [4.78, 5) is 22.2. The summed E-state index contributed by atoms with van der Waals surface area (Å²) in [6.07, 6.45) is 5.51. The van der Waals surface area contributed by atoms with Crippen molar-refractivity contribution >= 4 is 11.7 Å². The summed E-state index contributed by atoms with van der Waals surface area (Å²) in [5, 5.41) is 3.30. The third kappa shape index (κ3) is 4.92. The van der Waals surface area contributed by atoms with Gasteiger partial charge >= 0.3 is 0 Å². The molecule has 6 nitrogen and oxygen atoms in total. The minimum absolute atomic E-state index is 0.201. The maximum absolute atomic E-state index is 12.3. The Morgan fingerprint density at radius 2 is 2.08 bits per heavy atom. The predicted octanol–water partition coefficient (Wildman–Crippen LogP) is 2.52. The van der Waals surface area contributed by atoms with E-state index in [1.807, 2.05) is 35.2 Å². The van der Waals surface area contributed by atoms with E-state index in [4.69, 9.17) is 4.74 Å². The molecule has 1 N–H and O–H groups in total. The Morgan fingerprint density at radius 3 is 2.76 bits per heavy atom. The Labute approximate surface area is 148 Å². The SMILES string of the molecule is CCCOc1ccc(CCC(=O)N2CC(Nc3ccncn3)C2)cc1. The lowest BCUT2D eigenvalue weighted by Crippen LogP contribution is -2.57. The standard InChI is InChI=1S/C19H24N4O2/c1-2-11-25-17-6-3-15(4-7-17)5-8-19(24)23-12-16(13-23)22-18-9-10-20-14-21-18/h3-4,6-7,9-10,14,16H,2,5,8,11-13H2,1H3,(H,20,21,22). The van der Waals surface area contributed by atoms with Crippen molar-refractivity contribution in [1.29, 1.82) is 0 Å². The molecule has 0 bridgehead atoms. The molecule has 1 fully saturated rings. The Balaban J connectivity index is 1.37. The maximum Gasteiger partial charge on any atom is 0.223 e. The maximum atomic E-state index is 12.3. The summed E-state index contributed by atoms with van der Waals surface area (Å²) < 4.78 is 5.57. The van der Waals surface area contributed by atoms with Crippen LogP contribution < -0.4 is 10.1 Å². The van der Waals surface area contributed by atoms with E-state index in [2.05, 4.69) is 22.2 Å². The van der Waals surface area contributed by atoms with Crippen LogP contribution in [0.1, 0.15) is 25.3 Å². The molecule has 2 aromatic rings. The lowest BCUT2D eigenvalue weighted by atomic mass is 10.1. The van der Waals surface area contributed by atoms with Gasteiger partial charge in [0.1, 0.15) is 17.9 Å². The van der Waals surface area contributed by atoms with E-state index in [0.717, 1.165) is 49.7 Å². The van der Waals surface area contributed by atoms with Crippen LogP contribution in [0, 0.1) is 0 Å². The Morgan fingerprint density at radius 1 is 1.28 bits per heavy atom. The van der Waals surface area contributed by atoms with Gasteiger partial charge in [0.2, 0.25) is 5.91 Å². The first-order valence-electron chi connectivity index (χ1n) is 8.76. The normalized spacial score (nSPS) is 14.0. The average molecular weight is 340 g/mol. The van der Waals surface area contributed by atoms with Crippen LogP contribution in [0.15, 0.2) is 42.9 Å². The van der Waals surface area contributed by atoms with Gasteiger partial charge in [-0.2, -0.15) is 0 Å². The molecule has 1 aromatic carbocycles. The zero-order valence-electron chi connectivity index (χ0n) is 14.5. The van der Waals surface area contributed by atoms with Crippen LogP contribution in [0.2, 0.25) is 0 Å². The number of carbonyl (C=O) groups excluding carboxylic acids is 1. The van der Waals surface area contributed by atoms with Crippen LogP contribution in [0.4, 0.5) is 5.82 Å². The summed E-state index contributed by atoms with van der Waals surface area (Å²) in [6.45, 7) is 4.28. The molecule has 0 saturated carbocycles. The highest BCUT2D eigenvalue weighted by atomic mass is 16.5. The summed E-state index contributed by atoms with van der Waals surface area (Å²) in [7, 11) is 0. The van der Waals surface area contributed by atoms with Crippen molar-refractivity contribution in [3.8, 4) is 5.75 Å². The quantitative estimate of drug-likeness (QED) is 0.800. The van der Waals surface area contributed by atoms with Crippen LogP contribution in [0.5, 0.6) is 5.75 Å². The molecule has 25 heavy (non-hydrogen) atoms. The van der Waals surface area contributed by atoms with Gasteiger partial charge in [0.25, 0.3) is 0 Å². The molecule has 3 rings (SSSR count). The number of carbonyl (C=O) groups is 1. The third-order valence-electron chi connectivity index (χ3n) is 4.19. The number of rotatable bonds is 8. The predicted molar refractivity (Wildman–Crippen MR) is 96.6 cm³/mol. The molecule has 1 amide bonds. The highest BCUT2D eigenvalue weighted by molar-refractivity contribution is 5.77. The van der Waals surface area contributed by atoms with E-state index < -0.39 is 0 Å². The van der Waals surface area contributed by atoms with Crippen LogP contribution in [0.3, 0.4) is 0 Å². The highest BCUT2D eigenvalue weighted by Gasteiger charge is 2.30. The van der Waals surface area contributed by atoms with E-state index in [1.54, 1.807) is 6.20 Å². The van der Waals surface area contributed by atoms with Crippen LogP contribution in [-0.2, 0) is 11.2 Å². The Kier molecular flexibility index (Phi) is 5.82. The van der Waals surface area contributed by atoms with E-state index in [-0.39, 0.29) is 11.9 Å². The smallest absolute Gasteiger partial charge is 0.223 e. The van der Waals surface area contributed by atoms with Crippen molar-refractivity contribution in [1.82, 2.24) is 14.9 Å². The first-order valence-corrected chi connectivity index (χ1v) is 8.76. The zero-order chi connectivity index (χ0) is 17.5. The largest absolute Gasteiger partial charge is 0.494 e. The first kappa shape index (κ1) is 17.2. The third-order valence-corrected chi connectivity index (χ3v) is 4.19. The second-order valence-corrected chi connectivity index (χ2v) is 6.23. The van der Waals surface area contributed by atoms with Gasteiger partial charge in [-0.15, -0.1) is 0 Å². The zero-order valence-corrected chi connectivity index (χ0v) is 14.5. The molecule has 1 saturated heterocycles. The van der Waals surface area contributed by atoms with Crippen molar-refractivity contribution < 1.29 is 9.53 Å². The van der Waals surface area contributed by atoms with E-state index in [0.29, 0.717) is 6.42 Å². The topological polar surface area (TPSA) is 67.3 Å². The molecule has 2 heterocycles. The summed E-state index contributed by atoms with van der Waals surface area (Å²) in [6, 6.07) is 10.1. The minimum atomic E-state index is 0.201. The van der Waals surface area contributed by atoms with Gasteiger partial charge in [-0.05, 0) is 36.6 Å². The number of hydrogen-bond acceptors (Lipinski definition) is 5. The number of nitrogens with zero attached hydrogens (tertiary/aromatic N) is 3. The molecule has 0 radical (unpaired) electrons. The average Bonchev–Trinajstić information content (AvgIpc) is 2.62. The number of aromatic nitrogens is 2. The fraction of sp³-hybridized carbons (Fsp3) is 0.421. The fourth-order valence-corrected chi connectivity index (χ4v) is 2.74. The van der Waals surface area contributed by atoms with Crippen LogP contribution in [0.25, 0.3) is 0 Å². The number of aryl methyl sites for hydroxylation is 1. The lowest BCUT2D eigenvalue weighted by Gasteiger charge is -2.39. The van der Waals surface area contributed by atoms with Gasteiger partial charge in [0, 0.05) is 25.7 Å². The lowest BCUT2D eigenvalue weighted by molar-refractivity contribution is -0.135. The molecule has 132 valence electrons. The van der Waals surface area contributed by atoms with Crippen molar-refractivity contribution in [3.05, 3.63) is 48.4 Å². The molecule has 1 aromatic heterocycles. The first-order chi connectivity index (χ1) is 12.2. The molecular formula is C19H24N4O2. The second-order valence-electron chi connectivity index (χ2n) is 6.23. The number of anilines is 1. The highest BCUT2D eigenvalue weighted by Crippen LogP contribution is 2.17. The number of likely N-dealkylation sites (tertiary alicyclic amines) is 1. The van der Waals surface area contributed by atoms with Crippen molar-refractivity contribution in [2.45, 2.75) is 32.2 Å². The number of benzene rings is 1. The van der Waals surface area contributed by atoms with E-state index in [1.165, 1.54) is 6.33 Å². The minimum Gasteiger partial charge on any atom is -0.494 e. The van der Waals surface area contributed by atoms with Crippen LogP contribution in [-0.4, -0.2) is 46.5 Å². The molecule has 0 atom stereocenters. The molecular weight excluding hydrogens is 316 g/mol. The van der Waals surface area contributed by atoms with Crippen molar-refractivity contribution in [2.24, 2.45) is 0 Å². The van der Waals surface area contributed by atoms with Crippen LogP contribution >= 0.6 is 0 Å². The Bertz CT molecular complexity index is 670. The van der Waals surface area contributed by atoms with Gasteiger partial charge in [-0.1, -0.05) is 19.1 Å². The number of amides is 1. The summed E-state index contributed by atoms with van der Waals surface area (Å²) in [5.41, 5.74) is 1.16. The molecule has 0 aliphatic carbocycles. The molecule has 6 heteroatoms. The van der Waals surface area contributed by atoms with E-state index in [9.17, 15) is 4.79 Å². The molecule has 1 aliphatic rings.